The van der Waals surface area contributed by atoms with Gasteiger partial charge in [0.05, 0.1) is 17.7 Å². The maximum atomic E-state index is 12.9. The van der Waals surface area contributed by atoms with Gasteiger partial charge in [0.25, 0.3) is 5.91 Å². The lowest BCUT2D eigenvalue weighted by Gasteiger charge is -2.17. The van der Waals surface area contributed by atoms with Crippen LogP contribution in [0, 0.1) is 0 Å². The van der Waals surface area contributed by atoms with Crippen molar-refractivity contribution in [3.8, 4) is 17.2 Å². The molecule has 2 heterocycles. The monoisotopic (exact) mass is 371 g/mol. The van der Waals surface area contributed by atoms with Crippen molar-refractivity contribution in [2.75, 3.05) is 18.8 Å². The normalized spacial score (nSPS) is 17.5. The largest absolute Gasteiger partial charge is 0.495 e. The van der Waals surface area contributed by atoms with Gasteiger partial charge in [0.1, 0.15) is 5.75 Å². The minimum Gasteiger partial charge on any atom is -0.495 e. The molecule has 7 heteroatoms. The third-order valence-corrected chi connectivity index (χ3v) is 5.12. The Labute approximate surface area is 154 Å². The molecule has 1 saturated heterocycles. The van der Waals surface area contributed by atoms with Gasteiger partial charge < -0.3 is 14.2 Å². The number of carbonyl (C=O) groups is 1. The zero-order valence-corrected chi connectivity index (χ0v) is 14.9. The number of amides is 1. The lowest BCUT2D eigenvalue weighted by molar-refractivity contribution is -0.113. The maximum absolute atomic E-state index is 12.9. The number of fused-ring (bicyclic) bond motifs is 1. The zero-order valence-electron chi connectivity index (χ0n) is 13.2. The van der Waals surface area contributed by atoms with Gasteiger partial charge in [-0.05, 0) is 35.9 Å². The number of hydrogen-bond acceptors (Lipinski definition) is 6. The summed E-state index contributed by atoms with van der Waals surface area (Å²) in [5.41, 5.74) is 1.49. The van der Waals surface area contributed by atoms with Gasteiger partial charge in [0.2, 0.25) is 6.79 Å². The first-order valence-corrected chi connectivity index (χ1v) is 8.70. The van der Waals surface area contributed by atoms with Gasteiger partial charge in [-0.3, -0.25) is 9.69 Å². The van der Waals surface area contributed by atoms with E-state index in [1.54, 1.807) is 19.3 Å². The third kappa shape index (κ3) is 2.85. The smallest absolute Gasteiger partial charge is 0.270 e. The van der Waals surface area contributed by atoms with Crippen LogP contribution in [0.25, 0.3) is 6.08 Å². The number of rotatable bonds is 3. The number of anilines is 1. The number of carbonyl (C=O) groups excluding carboxylic acids is 1. The molecule has 2 aromatic carbocycles. The quantitative estimate of drug-likeness (QED) is 0.604. The van der Waals surface area contributed by atoms with E-state index in [0.29, 0.717) is 32.2 Å². The molecule has 1 fully saturated rings. The molecule has 1 amide bonds. The van der Waals surface area contributed by atoms with E-state index in [1.165, 1.54) is 16.7 Å². The van der Waals surface area contributed by atoms with Crippen molar-refractivity contribution in [2.24, 2.45) is 0 Å². The molecule has 4 rings (SSSR count). The summed E-state index contributed by atoms with van der Waals surface area (Å²) in [4.78, 5) is 14.9. The Morgan fingerprint density at radius 2 is 2.00 bits per heavy atom. The van der Waals surface area contributed by atoms with Crippen LogP contribution in [0.2, 0.25) is 0 Å². The van der Waals surface area contributed by atoms with Gasteiger partial charge >= 0.3 is 0 Å². The van der Waals surface area contributed by atoms with Crippen LogP contribution < -0.4 is 19.1 Å². The molecule has 0 aromatic heterocycles. The maximum Gasteiger partial charge on any atom is 0.270 e. The molecule has 0 spiro atoms. The Morgan fingerprint density at radius 1 is 1.20 bits per heavy atom. The number of hydrogen-bond donors (Lipinski definition) is 0. The van der Waals surface area contributed by atoms with E-state index in [4.69, 9.17) is 26.4 Å². The first kappa shape index (κ1) is 16.0. The molecular weight excluding hydrogens is 358 g/mol. The Balaban J connectivity index is 1.67. The van der Waals surface area contributed by atoms with Crippen LogP contribution in [-0.2, 0) is 4.79 Å². The Hall–Kier alpha value is -2.51. The average Bonchev–Trinajstić information content (AvgIpc) is 3.19. The van der Waals surface area contributed by atoms with Crippen molar-refractivity contribution in [1.82, 2.24) is 0 Å². The summed E-state index contributed by atoms with van der Waals surface area (Å²) >= 11 is 6.67. The second-order valence-electron chi connectivity index (χ2n) is 5.30. The van der Waals surface area contributed by atoms with Crippen LogP contribution >= 0.6 is 24.0 Å². The summed E-state index contributed by atoms with van der Waals surface area (Å²) < 4.78 is 16.5. The summed E-state index contributed by atoms with van der Waals surface area (Å²) in [6.07, 6.45) is 1.80. The summed E-state index contributed by atoms with van der Waals surface area (Å²) in [7, 11) is 1.57. The lowest BCUT2D eigenvalue weighted by atomic mass is 10.2. The van der Waals surface area contributed by atoms with Crippen molar-refractivity contribution < 1.29 is 19.0 Å². The average molecular weight is 371 g/mol. The van der Waals surface area contributed by atoms with Crippen molar-refractivity contribution in [2.45, 2.75) is 0 Å². The zero-order chi connectivity index (χ0) is 17.4. The Morgan fingerprint density at radius 3 is 2.84 bits per heavy atom. The highest BCUT2D eigenvalue weighted by Gasteiger charge is 2.34. The second kappa shape index (κ2) is 6.42. The van der Waals surface area contributed by atoms with Crippen molar-refractivity contribution >= 4 is 46.0 Å². The minimum absolute atomic E-state index is 0.169. The molecule has 0 radical (unpaired) electrons. The highest BCUT2D eigenvalue weighted by Crippen LogP contribution is 2.40. The minimum atomic E-state index is -0.169. The van der Waals surface area contributed by atoms with Crippen LogP contribution in [0.15, 0.2) is 47.4 Å². The van der Waals surface area contributed by atoms with Crippen molar-refractivity contribution in [3.63, 3.8) is 0 Å². The van der Waals surface area contributed by atoms with E-state index >= 15 is 0 Å². The first-order chi connectivity index (χ1) is 12.2. The Kier molecular flexibility index (Phi) is 4.10. The molecule has 25 heavy (non-hydrogen) atoms. The predicted octanol–water partition coefficient (Wildman–Crippen LogP) is 3.83. The molecule has 2 aliphatic rings. The molecule has 0 unspecified atom stereocenters. The number of methoxy groups -OCH3 is 1. The Bertz CT molecular complexity index is 910. The molecular formula is C18H13NO4S2. The fraction of sp³-hybridized carbons (Fsp3) is 0.111. The number of thiocarbonyl (C=S) groups is 1. The van der Waals surface area contributed by atoms with E-state index < -0.39 is 0 Å². The third-order valence-electron chi connectivity index (χ3n) is 3.81. The summed E-state index contributed by atoms with van der Waals surface area (Å²) in [6.45, 7) is 0.217. The molecule has 126 valence electrons. The van der Waals surface area contributed by atoms with Gasteiger partial charge in [0.15, 0.2) is 15.8 Å². The number of benzene rings is 2. The molecule has 2 aliphatic heterocycles. The topological polar surface area (TPSA) is 48.0 Å². The van der Waals surface area contributed by atoms with Crippen molar-refractivity contribution in [1.29, 1.82) is 0 Å². The standard InChI is InChI=1S/C18H13NO4S2/c1-21-13-5-3-2-4-12(13)19-17(20)16(25-18(19)24)9-11-6-7-14-15(8-11)23-10-22-14/h2-9H,10H2,1H3. The van der Waals surface area contributed by atoms with Crippen LogP contribution in [0.3, 0.4) is 0 Å². The molecule has 0 saturated carbocycles. The molecule has 5 nitrogen and oxygen atoms in total. The van der Waals surface area contributed by atoms with Gasteiger partial charge in [-0.25, -0.2) is 0 Å². The van der Waals surface area contributed by atoms with E-state index in [1.807, 2.05) is 36.4 Å². The van der Waals surface area contributed by atoms with Crippen LogP contribution in [0.4, 0.5) is 5.69 Å². The molecule has 0 bridgehead atoms. The second-order valence-corrected chi connectivity index (χ2v) is 6.98. The summed E-state index contributed by atoms with van der Waals surface area (Å²) in [5.74, 6) is 1.81. The number of nitrogens with zero attached hydrogens (tertiary/aromatic N) is 1. The molecule has 0 aliphatic carbocycles. The van der Waals surface area contributed by atoms with Gasteiger partial charge in [-0.15, -0.1) is 0 Å². The molecule has 0 N–H and O–H groups in total. The lowest BCUT2D eigenvalue weighted by Crippen LogP contribution is -2.27. The van der Waals surface area contributed by atoms with Crippen molar-refractivity contribution in [3.05, 3.63) is 52.9 Å². The number of ether oxygens (including phenoxy) is 3. The van der Waals surface area contributed by atoms with E-state index in [0.717, 1.165) is 5.56 Å². The fourth-order valence-electron chi connectivity index (χ4n) is 2.64. The number of para-hydroxylation sites is 2. The highest BCUT2D eigenvalue weighted by molar-refractivity contribution is 8.27. The number of thioether (sulfide) groups is 1. The first-order valence-electron chi connectivity index (χ1n) is 7.48. The van der Waals surface area contributed by atoms with Crippen LogP contribution in [0.1, 0.15) is 5.56 Å². The summed E-state index contributed by atoms with van der Waals surface area (Å²) in [5, 5.41) is 0. The van der Waals surface area contributed by atoms with Crippen LogP contribution in [0.5, 0.6) is 17.2 Å². The van der Waals surface area contributed by atoms with E-state index in [-0.39, 0.29) is 12.7 Å². The highest BCUT2D eigenvalue weighted by atomic mass is 32.2. The van der Waals surface area contributed by atoms with E-state index in [9.17, 15) is 4.79 Å². The SMILES string of the molecule is COc1ccccc1N1C(=O)C(=Cc2ccc3c(c2)OCO3)SC1=S. The van der Waals surface area contributed by atoms with Gasteiger partial charge in [-0.2, -0.15) is 0 Å². The fourth-order valence-corrected chi connectivity index (χ4v) is 3.93. The molecule has 0 atom stereocenters. The summed E-state index contributed by atoms with van der Waals surface area (Å²) in [6, 6.07) is 12.9. The van der Waals surface area contributed by atoms with Gasteiger partial charge in [-0.1, -0.05) is 42.2 Å². The predicted molar refractivity (Wildman–Crippen MR) is 101 cm³/mol. The molecule has 2 aromatic rings. The van der Waals surface area contributed by atoms with Gasteiger partial charge in [0, 0.05) is 0 Å². The van der Waals surface area contributed by atoms with Crippen LogP contribution in [-0.4, -0.2) is 24.1 Å². The van der Waals surface area contributed by atoms with E-state index in [2.05, 4.69) is 0 Å².